The van der Waals surface area contributed by atoms with Crippen LogP contribution in [-0.4, -0.2) is 27.2 Å². The van der Waals surface area contributed by atoms with Crippen LogP contribution in [0.4, 0.5) is 0 Å². The van der Waals surface area contributed by atoms with Crippen molar-refractivity contribution in [3.05, 3.63) is 47.3 Å². The van der Waals surface area contributed by atoms with Crippen LogP contribution >= 0.6 is 0 Å². The molecule has 1 aromatic carbocycles. The van der Waals surface area contributed by atoms with Crippen LogP contribution < -0.4 is 16.6 Å². The maximum Gasteiger partial charge on any atom is 0.0893 e. The Hall–Kier alpha value is -1.76. The van der Waals surface area contributed by atoms with Crippen molar-refractivity contribution < 1.29 is 0 Å². The highest BCUT2D eigenvalue weighted by Gasteiger charge is 2.41. The third-order valence-electron chi connectivity index (χ3n) is 7.15. The quantitative estimate of drug-likeness (QED) is 0.760. The standard InChI is InChI=1S/C22H32N6/c23-22-18-13-17(11-12-19(18)24-26-22)20-21(16-9-5-2-6-10-16)28(27-25-20)14-15-7-3-1-4-8-15/h1,3-4,7-8,16-19,22,24,26H,2,5-6,9-14,23H2. The Bertz CT molecular complexity index is 782. The summed E-state index contributed by atoms with van der Waals surface area (Å²) in [5.74, 6) is 1.57. The minimum atomic E-state index is 0.0466. The number of nitrogens with zero attached hydrogens (tertiary/aromatic N) is 3. The summed E-state index contributed by atoms with van der Waals surface area (Å²) >= 11 is 0. The fourth-order valence-electron chi connectivity index (χ4n) is 5.63. The first kappa shape index (κ1) is 18.3. The van der Waals surface area contributed by atoms with E-state index in [9.17, 15) is 0 Å². The van der Waals surface area contributed by atoms with Crippen LogP contribution in [0.3, 0.4) is 0 Å². The zero-order valence-corrected chi connectivity index (χ0v) is 16.6. The maximum atomic E-state index is 6.30. The predicted molar refractivity (Wildman–Crippen MR) is 110 cm³/mol. The summed E-state index contributed by atoms with van der Waals surface area (Å²) in [7, 11) is 0. The van der Waals surface area contributed by atoms with Gasteiger partial charge in [-0.25, -0.2) is 10.1 Å². The van der Waals surface area contributed by atoms with Crippen molar-refractivity contribution in [2.75, 3.05) is 0 Å². The van der Waals surface area contributed by atoms with Crippen molar-refractivity contribution in [2.24, 2.45) is 11.7 Å². The molecular weight excluding hydrogens is 348 g/mol. The number of nitrogens with one attached hydrogen (secondary N) is 2. The van der Waals surface area contributed by atoms with Crippen LogP contribution in [0, 0.1) is 5.92 Å². The number of aromatic nitrogens is 3. The zero-order chi connectivity index (χ0) is 18.9. The molecule has 1 aliphatic heterocycles. The molecule has 0 radical (unpaired) electrons. The van der Waals surface area contributed by atoms with Gasteiger partial charge in [-0.15, -0.1) is 5.10 Å². The maximum absolute atomic E-state index is 6.30. The molecule has 3 aliphatic rings. The average Bonchev–Trinajstić information content (AvgIpc) is 3.33. The van der Waals surface area contributed by atoms with Crippen LogP contribution in [-0.2, 0) is 6.54 Å². The molecule has 0 bridgehead atoms. The summed E-state index contributed by atoms with van der Waals surface area (Å²) in [6.45, 7) is 0.821. The fraction of sp³-hybridized carbons (Fsp3) is 0.636. The molecule has 28 heavy (non-hydrogen) atoms. The second kappa shape index (κ2) is 7.93. The van der Waals surface area contributed by atoms with Gasteiger partial charge in [-0.3, -0.25) is 5.43 Å². The highest BCUT2D eigenvalue weighted by molar-refractivity contribution is 5.24. The van der Waals surface area contributed by atoms with Gasteiger partial charge in [0.25, 0.3) is 0 Å². The molecule has 4 unspecified atom stereocenters. The molecule has 1 aromatic heterocycles. The van der Waals surface area contributed by atoms with Gasteiger partial charge in [-0.2, -0.15) is 0 Å². The number of hydrazine groups is 1. The molecule has 0 amide bonds. The Morgan fingerprint density at radius 2 is 1.79 bits per heavy atom. The molecule has 150 valence electrons. The Balaban J connectivity index is 1.45. The van der Waals surface area contributed by atoms with E-state index >= 15 is 0 Å². The minimum Gasteiger partial charge on any atom is -0.315 e. The third-order valence-corrected chi connectivity index (χ3v) is 7.15. The first-order valence-corrected chi connectivity index (χ1v) is 11.0. The summed E-state index contributed by atoms with van der Waals surface area (Å²) in [6, 6.07) is 11.2. The van der Waals surface area contributed by atoms with E-state index in [1.165, 1.54) is 55.5 Å². The molecule has 2 aliphatic carbocycles. The van der Waals surface area contributed by atoms with Gasteiger partial charge in [0.15, 0.2) is 0 Å². The first-order valence-electron chi connectivity index (χ1n) is 11.0. The molecule has 3 fully saturated rings. The summed E-state index contributed by atoms with van der Waals surface area (Å²) in [6.07, 6.45) is 10.1. The van der Waals surface area contributed by atoms with E-state index in [0.29, 0.717) is 23.8 Å². The summed E-state index contributed by atoms with van der Waals surface area (Å²) in [5, 5.41) is 9.45. The molecule has 4 atom stereocenters. The lowest BCUT2D eigenvalue weighted by molar-refractivity contribution is 0.273. The monoisotopic (exact) mass is 380 g/mol. The topological polar surface area (TPSA) is 80.8 Å². The number of benzene rings is 1. The van der Waals surface area contributed by atoms with E-state index in [2.05, 4.69) is 51.1 Å². The molecular formula is C22H32N6. The molecule has 2 saturated carbocycles. The molecule has 4 N–H and O–H groups in total. The lowest BCUT2D eigenvalue weighted by Gasteiger charge is -2.32. The van der Waals surface area contributed by atoms with Gasteiger partial charge in [-0.1, -0.05) is 54.8 Å². The number of hydrogen-bond acceptors (Lipinski definition) is 5. The lowest BCUT2D eigenvalue weighted by atomic mass is 9.74. The highest BCUT2D eigenvalue weighted by atomic mass is 15.5. The zero-order valence-electron chi connectivity index (χ0n) is 16.6. The Morgan fingerprint density at radius 1 is 0.964 bits per heavy atom. The number of fused-ring (bicyclic) bond motifs is 1. The van der Waals surface area contributed by atoms with Gasteiger partial charge < -0.3 is 5.73 Å². The van der Waals surface area contributed by atoms with Crippen molar-refractivity contribution >= 4 is 0 Å². The summed E-state index contributed by atoms with van der Waals surface area (Å²) < 4.78 is 2.21. The highest BCUT2D eigenvalue weighted by Crippen LogP contribution is 2.42. The van der Waals surface area contributed by atoms with Crippen molar-refractivity contribution in [3.63, 3.8) is 0 Å². The van der Waals surface area contributed by atoms with Gasteiger partial charge in [0.05, 0.1) is 24.1 Å². The Morgan fingerprint density at radius 3 is 2.61 bits per heavy atom. The number of hydrogen-bond donors (Lipinski definition) is 3. The first-order chi connectivity index (χ1) is 13.8. The molecule has 2 aromatic rings. The Kier molecular flexibility index (Phi) is 5.18. The van der Waals surface area contributed by atoms with E-state index in [0.717, 1.165) is 19.4 Å². The van der Waals surface area contributed by atoms with Crippen LogP contribution in [0.15, 0.2) is 30.3 Å². The Labute approximate surface area is 167 Å². The van der Waals surface area contributed by atoms with Crippen LogP contribution in [0.1, 0.15) is 80.2 Å². The second-order valence-corrected chi connectivity index (χ2v) is 8.93. The smallest absolute Gasteiger partial charge is 0.0893 e. The summed E-state index contributed by atoms with van der Waals surface area (Å²) in [5.41, 5.74) is 16.9. The lowest BCUT2D eigenvalue weighted by Crippen LogP contribution is -2.39. The SMILES string of the molecule is NC1NNC2CCC(c3nnn(Cc4ccccc4)c3C3CCCCC3)CC12. The van der Waals surface area contributed by atoms with Gasteiger partial charge in [0.1, 0.15) is 0 Å². The predicted octanol–water partition coefficient (Wildman–Crippen LogP) is 3.02. The van der Waals surface area contributed by atoms with E-state index in [4.69, 9.17) is 10.8 Å². The van der Waals surface area contributed by atoms with Gasteiger partial charge in [-0.05, 0) is 37.7 Å². The van der Waals surface area contributed by atoms with Gasteiger partial charge in [0, 0.05) is 23.8 Å². The third kappa shape index (κ3) is 3.49. The second-order valence-electron chi connectivity index (χ2n) is 8.93. The molecule has 6 nitrogen and oxygen atoms in total. The van der Waals surface area contributed by atoms with E-state index in [-0.39, 0.29) is 6.17 Å². The van der Waals surface area contributed by atoms with Crippen molar-refractivity contribution in [1.82, 2.24) is 25.8 Å². The molecule has 6 heteroatoms. The molecule has 0 spiro atoms. The normalized spacial score (nSPS) is 31.0. The van der Waals surface area contributed by atoms with Crippen molar-refractivity contribution in [3.8, 4) is 0 Å². The molecule has 5 rings (SSSR count). The minimum absolute atomic E-state index is 0.0466. The molecule has 2 heterocycles. The average molecular weight is 381 g/mol. The largest absolute Gasteiger partial charge is 0.315 e. The van der Waals surface area contributed by atoms with E-state index in [1.807, 2.05) is 0 Å². The van der Waals surface area contributed by atoms with Crippen molar-refractivity contribution in [2.45, 2.75) is 82.0 Å². The van der Waals surface area contributed by atoms with Crippen LogP contribution in [0.25, 0.3) is 0 Å². The van der Waals surface area contributed by atoms with Crippen LogP contribution in [0.5, 0.6) is 0 Å². The van der Waals surface area contributed by atoms with Gasteiger partial charge >= 0.3 is 0 Å². The molecule has 1 saturated heterocycles. The van der Waals surface area contributed by atoms with E-state index in [1.54, 1.807) is 0 Å². The van der Waals surface area contributed by atoms with Crippen LogP contribution in [0.2, 0.25) is 0 Å². The van der Waals surface area contributed by atoms with Gasteiger partial charge in [0.2, 0.25) is 0 Å². The fourth-order valence-corrected chi connectivity index (χ4v) is 5.63. The van der Waals surface area contributed by atoms with E-state index < -0.39 is 0 Å². The summed E-state index contributed by atoms with van der Waals surface area (Å²) in [4.78, 5) is 0. The van der Waals surface area contributed by atoms with Crippen molar-refractivity contribution in [1.29, 1.82) is 0 Å². The number of nitrogens with two attached hydrogens (primary N) is 1. The number of rotatable bonds is 4.